The van der Waals surface area contributed by atoms with E-state index >= 15 is 0 Å². The van der Waals surface area contributed by atoms with Gasteiger partial charge in [0.05, 0.1) is 0 Å². The van der Waals surface area contributed by atoms with Gasteiger partial charge >= 0.3 is 0 Å². The van der Waals surface area contributed by atoms with Crippen molar-refractivity contribution in [1.29, 1.82) is 0 Å². The molecule has 0 radical (unpaired) electrons. The summed E-state index contributed by atoms with van der Waals surface area (Å²) in [4.78, 5) is 0. The average Bonchev–Trinajstić information content (AvgIpc) is 1.84. The molecule has 54 valence electrons. The zero-order chi connectivity index (χ0) is 7.78. The highest BCUT2D eigenvalue weighted by Crippen LogP contribution is 2.33. The molecule has 0 spiro atoms. The molecule has 0 heterocycles. The molecule has 1 aliphatic carbocycles. The van der Waals surface area contributed by atoms with Crippen LogP contribution in [0.2, 0.25) is 0 Å². The molecule has 2 unspecified atom stereocenters. The van der Waals surface area contributed by atoms with Gasteiger partial charge in [0.15, 0.2) is 0 Å². The Morgan fingerprint density at radius 3 is 1.89 bits per heavy atom. The van der Waals surface area contributed by atoms with Gasteiger partial charge in [-0.25, -0.2) is 0 Å². The fraction of sp³-hybridized carbons (Fsp3) is 1.00. The molecule has 0 saturated heterocycles. The Kier molecular flexibility index (Phi) is 1.74. The third-order valence-corrected chi connectivity index (χ3v) is 2.83. The fourth-order valence-corrected chi connectivity index (χ4v) is 1.67. The van der Waals surface area contributed by atoms with Crippen LogP contribution >= 0.6 is 0 Å². The third-order valence-electron chi connectivity index (χ3n) is 2.83. The largest absolute Gasteiger partial charge is 0.0622 e. The van der Waals surface area contributed by atoms with Crippen molar-refractivity contribution in [3.63, 3.8) is 0 Å². The van der Waals surface area contributed by atoms with Gasteiger partial charge in [-0.2, -0.15) is 0 Å². The van der Waals surface area contributed by atoms with Gasteiger partial charge in [-0.15, -0.1) is 0 Å². The Morgan fingerprint density at radius 1 is 1.11 bits per heavy atom. The zero-order valence-electron chi connectivity index (χ0n) is 7.78. The van der Waals surface area contributed by atoms with Crippen molar-refractivity contribution in [1.82, 2.24) is 0 Å². The van der Waals surface area contributed by atoms with Crippen molar-refractivity contribution in [2.75, 3.05) is 0 Å². The molecule has 0 aromatic carbocycles. The van der Waals surface area contributed by atoms with Gasteiger partial charge in [-0.3, -0.25) is 0 Å². The summed E-state index contributed by atoms with van der Waals surface area (Å²) in [5.74, 6) is 1.03. The van der Waals surface area contributed by atoms with Crippen LogP contribution in [0.15, 0.2) is 0 Å². The zero-order valence-corrected chi connectivity index (χ0v) is 6.78. The van der Waals surface area contributed by atoms with Gasteiger partial charge in [0, 0.05) is 1.37 Å². The summed E-state index contributed by atoms with van der Waals surface area (Å²) < 4.78 is 8.04. The van der Waals surface area contributed by atoms with E-state index in [-0.39, 0.29) is 5.89 Å². The summed E-state index contributed by atoms with van der Waals surface area (Å²) in [6.45, 7) is 6.51. The van der Waals surface area contributed by atoms with Crippen LogP contribution in [0.4, 0.5) is 0 Å². The third kappa shape index (κ3) is 1.47. The second-order valence-electron chi connectivity index (χ2n) is 3.48. The van der Waals surface area contributed by atoms with Crippen LogP contribution in [0.5, 0.6) is 0 Å². The Hall–Kier alpha value is 0. The lowest BCUT2D eigenvalue weighted by atomic mass is 9.75. The van der Waals surface area contributed by atoms with Crippen molar-refractivity contribution in [2.24, 2.45) is 17.7 Å². The summed E-state index contributed by atoms with van der Waals surface area (Å²) in [7, 11) is 0. The smallest absolute Gasteiger partial charge is 0.0305 e. The highest BCUT2D eigenvalue weighted by Gasteiger charge is 2.22. The summed E-state index contributed by atoms with van der Waals surface area (Å²) in [6, 6.07) is 0. The standard InChI is InChI=1S/C9H18/c1-7-5-4-6-8(2)9(7)3/h7-9H,4-6H2,1-3H3/i9D. The minimum absolute atomic E-state index is 0.155. The van der Waals surface area contributed by atoms with Crippen LogP contribution < -0.4 is 0 Å². The Balaban J connectivity index is 2.63. The molecule has 2 atom stereocenters. The monoisotopic (exact) mass is 127 g/mol. The van der Waals surface area contributed by atoms with Crippen molar-refractivity contribution in [3.05, 3.63) is 0 Å². The quantitative estimate of drug-likeness (QED) is 0.469. The Bertz CT molecular complexity index is 106. The molecular formula is C9H18. The lowest BCUT2D eigenvalue weighted by Crippen LogP contribution is -2.21. The number of hydrogen-bond donors (Lipinski definition) is 0. The van der Waals surface area contributed by atoms with Crippen LogP contribution in [-0.4, -0.2) is 0 Å². The van der Waals surface area contributed by atoms with Gasteiger partial charge in [0.2, 0.25) is 0 Å². The van der Waals surface area contributed by atoms with E-state index in [1.165, 1.54) is 19.3 Å². The molecule has 0 heteroatoms. The van der Waals surface area contributed by atoms with Crippen LogP contribution in [0.1, 0.15) is 41.4 Å². The maximum atomic E-state index is 8.04. The lowest BCUT2D eigenvalue weighted by Gasteiger charge is -2.31. The summed E-state index contributed by atoms with van der Waals surface area (Å²) >= 11 is 0. The molecule has 0 aromatic heterocycles. The second-order valence-corrected chi connectivity index (χ2v) is 3.48. The normalized spacial score (nSPS) is 54.8. The van der Waals surface area contributed by atoms with Gasteiger partial charge in [-0.1, -0.05) is 40.0 Å². The first-order valence-corrected chi connectivity index (χ1v) is 4.05. The van der Waals surface area contributed by atoms with Gasteiger partial charge < -0.3 is 0 Å². The van der Waals surface area contributed by atoms with E-state index in [2.05, 4.69) is 20.8 Å². The van der Waals surface area contributed by atoms with Crippen LogP contribution in [-0.2, 0) is 0 Å². The van der Waals surface area contributed by atoms with E-state index < -0.39 is 0 Å². The van der Waals surface area contributed by atoms with Gasteiger partial charge in [0.25, 0.3) is 0 Å². The van der Waals surface area contributed by atoms with Gasteiger partial charge in [0.1, 0.15) is 0 Å². The molecule has 0 N–H and O–H groups in total. The van der Waals surface area contributed by atoms with E-state index in [9.17, 15) is 0 Å². The highest BCUT2D eigenvalue weighted by molar-refractivity contribution is 4.73. The minimum Gasteiger partial charge on any atom is -0.0622 e. The molecule has 9 heavy (non-hydrogen) atoms. The SMILES string of the molecule is [2H]C1(C)C(C)CCCC1C. The molecule has 0 nitrogen and oxygen atoms in total. The van der Waals surface area contributed by atoms with Crippen LogP contribution in [0.3, 0.4) is 0 Å². The van der Waals surface area contributed by atoms with Gasteiger partial charge in [-0.05, 0) is 17.7 Å². The maximum Gasteiger partial charge on any atom is 0.0305 e. The molecule has 1 aliphatic rings. The molecule has 0 amide bonds. The second kappa shape index (κ2) is 2.72. The summed E-state index contributed by atoms with van der Waals surface area (Å²) in [5.41, 5.74) is 0. The Labute approximate surface area is 60.1 Å². The van der Waals surface area contributed by atoms with Crippen molar-refractivity contribution >= 4 is 0 Å². The molecule has 1 rings (SSSR count). The molecule has 0 bridgehead atoms. The fourth-order valence-electron chi connectivity index (χ4n) is 1.67. The first kappa shape index (κ1) is 5.76. The molecule has 1 saturated carbocycles. The molecule has 0 aliphatic heterocycles. The van der Waals surface area contributed by atoms with Crippen molar-refractivity contribution < 1.29 is 1.37 Å². The van der Waals surface area contributed by atoms with E-state index in [1.54, 1.807) is 0 Å². The predicted octanol–water partition coefficient (Wildman–Crippen LogP) is 3.08. The highest BCUT2D eigenvalue weighted by atomic mass is 14.3. The molecule has 0 aromatic rings. The van der Waals surface area contributed by atoms with Crippen molar-refractivity contribution in [3.8, 4) is 0 Å². The Morgan fingerprint density at radius 2 is 1.56 bits per heavy atom. The minimum atomic E-state index is -0.155. The lowest BCUT2D eigenvalue weighted by molar-refractivity contribution is 0.197. The van der Waals surface area contributed by atoms with E-state index in [1.807, 2.05) is 0 Å². The first-order valence-electron chi connectivity index (χ1n) is 4.55. The maximum absolute atomic E-state index is 8.04. The summed E-state index contributed by atoms with van der Waals surface area (Å²) in [6.07, 6.45) is 3.84. The summed E-state index contributed by atoms with van der Waals surface area (Å²) in [5, 5.41) is 0. The van der Waals surface area contributed by atoms with Crippen LogP contribution in [0, 0.1) is 17.7 Å². The van der Waals surface area contributed by atoms with E-state index in [0.29, 0.717) is 11.8 Å². The van der Waals surface area contributed by atoms with E-state index in [4.69, 9.17) is 1.37 Å². The first-order chi connectivity index (χ1) is 4.55. The van der Waals surface area contributed by atoms with E-state index in [0.717, 1.165) is 0 Å². The predicted molar refractivity (Wildman–Crippen MR) is 41.3 cm³/mol. The molecular weight excluding hydrogens is 108 g/mol. The molecule has 1 fully saturated rings. The number of hydrogen-bond acceptors (Lipinski definition) is 0. The topological polar surface area (TPSA) is 0 Å². The van der Waals surface area contributed by atoms with Crippen LogP contribution in [0.25, 0.3) is 0 Å². The number of rotatable bonds is 0. The average molecular weight is 127 g/mol. The van der Waals surface area contributed by atoms with Crippen molar-refractivity contribution in [2.45, 2.75) is 40.0 Å².